The summed E-state index contributed by atoms with van der Waals surface area (Å²) < 4.78 is 0. The standard InChI is InChI=1S/C13H10ClN3/c1-7-8(2)16-12-11(15-7)9-5-3-4-6-10(9)17-13(12)14/h3-6H,1-2H3. The van der Waals surface area contributed by atoms with Crippen LogP contribution in [-0.4, -0.2) is 15.0 Å². The van der Waals surface area contributed by atoms with Gasteiger partial charge < -0.3 is 0 Å². The summed E-state index contributed by atoms with van der Waals surface area (Å²) >= 11 is 6.15. The molecule has 3 nitrogen and oxygen atoms in total. The molecule has 0 atom stereocenters. The van der Waals surface area contributed by atoms with Crippen LogP contribution < -0.4 is 0 Å². The second-order valence-corrected chi connectivity index (χ2v) is 4.37. The van der Waals surface area contributed by atoms with Gasteiger partial charge in [0.25, 0.3) is 0 Å². The predicted molar refractivity (Wildman–Crippen MR) is 69.3 cm³/mol. The van der Waals surface area contributed by atoms with Gasteiger partial charge in [0.1, 0.15) is 11.0 Å². The van der Waals surface area contributed by atoms with Crippen molar-refractivity contribution in [1.82, 2.24) is 15.0 Å². The number of pyridine rings is 1. The summed E-state index contributed by atoms with van der Waals surface area (Å²) in [5, 5.41) is 1.40. The molecule has 1 aromatic carbocycles. The predicted octanol–water partition coefficient (Wildman–Crippen LogP) is 3.45. The molecule has 2 aromatic heterocycles. The summed E-state index contributed by atoms with van der Waals surface area (Å²) in [6.07, 6.45) is 0. The minimum Gasteiger partial charge on any atom is -0.249 e. The van der Waals surface area contributed by atoms with Crippen molar-refractivity contribution >= 4 is 33.5 Å². The van der Waals surface area contributed by atoms with Crippen molar-refractivity contribution in [1.29, 1.82) is 0 Å². The first-order chi connectivity index (χ1) is 8.16. The topological polar surface area (TPSA) is 38.7 Å². The highest BCUT2D eigenvalue weighted by atomic mass is 35.5. The summed E-state index contributed by atoms with van der Waals surface area (Å²) in [6.45, 7) is 3.87. The summed E-state index contributed by atoms with van der Waals surface area (Å²) in [5.41, 5.74) is 4.15. The lowest BCUT2D eigenvalue weighted by Crippen LogP contribution is -1.96. The molecule has 0 bridgehead atoms. The highest BCUT2D eigenvalue weighted by Gasteiger charge is 2.10. The molecule has 0 fully saturated rings. The molecule has 17 heavy (non-hydrogen) atoms. The Bertz CT molecular complexity index is 737. The van der Waals surface area contributed by atoms with E-state index < -0.39 is 0 Å². The van der Waals surface area contributed by atoms with E-state index in [0.29, 0.717) is 10.7 Å². The number of fused-ring (bicyclic) bond motifs is 3. The molecule has 0 saturated heterocycles. The third-order valence-electron chi connectivity index (χ3n) is 2.88. The molecule has 4 heteroatoms. The van der Waals surface area contributed by atoms with Crippen LogP contribution in [-0.2, 0) is 0 Å². The second-order valence-electron chi connectivity index (χ2n) is 4.01. The van der Waals surface area contributed by atoms with Crippen molar-refractivity contribution in [2.45, 2.75) is 13.8 Å². The Morgan fingerprint density at radius 2 is 1.53 bits per heavy atom. The Morgan fingerprint density at radius 3 is 2.29 bits per heavy atom. The van der Waals surface area contributed by atoms with Gasteiger partial charge in [-0.25, -0.2) is 15.0 Å². The minimum atomic E-state index is 0.411. The first-order valence-corrected chi connectivity index (χ1v) is 5.74. The van der Waals surface area contributed by atoms with Crippen LogP contribution in [0.4, 0.5) is 0 Å². The van der Waals surface area contributed by atoms with Gasteiger partial charge in [0, 0.05) is 5.39 Å². The average Bonchev–Trinajstić information content (AvgIpc) is 2.32. The fourth-order valence-electron chi connectivity index (χ4n) is 1.86. The zero-order valence-corrected chi connectivity index (χ0v) is 10.3. The molecule has 0 radical (unpaired) electrons. The zero-order valence-electron chi connectivity index (χ0n) is 9.53. The largest absolute Gasteiger partial charge is 0.249 e. The average molecular weight is 244 g/mol. The van der Waals surface area contributed by atoms with Crippen LogP contribution in [0.15, 0.2) is 24.3 Å². The van der Waals surface area contributed by atoms with Crippen molar-refractivity contribution in [2.75, 3.05) is 0 Å². The molecule has 0 amide bonds. The van der Waals surface area contributed by atoms with Crippen LogP contribution in [0.25, 0.3) is 21.9 Å². The molecular formula is C13H10ClN3. The summed E-state index contributed by atoms with van der Waals surface area (Å²) in [7, 11) is 0. The van der Waals surface area contributed by atoms with Crippen LogP contribution in [0.3, 0.4) is 0 Å². The highest BCUT2D eigenvalue weighted by Crippen LogP contribution is 2.26. The Labute approximate surface area is 103 Å². The Hall–Kier alpha value is -1.74. The Kier molecular flexibility index (Phi) is 2.23. The molecule has 3 aromatic rings. The first kappa shape index (κ1) is 10.4. The fraction of sp³-hybridized carbons (Fsp3) is 0.154. The van der Waals surface area contributed by atoms with Crippen molar-refractivity contribution in [3.05, 3.63) is 40.8 Å². The lowest BCUT2D eigenvalue weighted by Gasteiger charge is -2.06. The van der Waals surface area contributed by atoms with Gasteiger partial charge in [0.15, 0.2) is 5.15 Å². The van der Waals surface area contributed by atoms with E-state index in [0.717, 1.165) is 27.8 Å². The number of hydrogen-bond acceptors (Lipinski definition) is 3. The van der Waals surface area contributed by atoms with Gasteiger partial charge in [0.2, 0.25) is 0 Å². The van der Waals surface area contributed by atoms with E-state index in [1.165, 1.54) is 0 Å². The smallest absolute Gasteiger partial charge is 0.157 e. The summed E-state index contributed by atoms with van der Waals surface area (Å²) in [6, 6.07) is 7.82. The SMILES string of the molecule is Cc1nc2c(Cl)nc3ccccc3c2nc1C. The van der Waals surface area contributed by atoms with Crippen molar-refractivity contribution < 1.29 is 0 Å². The molecule has 0 saturated carbocycles. The van der Waals surface area contributed by atoms with E-state index in [4.69, 9.17) is 11.6 Å². The van der Waals surface area contributed by atoms with Gasteiger partial charge >= 0.3 is 0 Å². The monoisotopic (exact) mass is 243 g/mol. The van der Waals surface area contributed by atoms with Gasteiger partial charge in [-0.05, 0) is 19.9 Å². The van der Waals surface area contributed by atoms with Gasteiger partial charge in [-0.15, -0.1) is 0 Å². The van der Waals surface area contributed by atoms with Gasteiger partial charge in [-0.2, -0.15) is 0 Å². The zero-order chi connectivity index (χ0) is 12.0. The van der Waals surface area contributed by atoms with E-state index in [1.54, 1.807) is 0 Å². The van der Waals surface area contributed by atoms with E-state index in [-0.39, 0.29) is 0 Å². The molecule has 0 aliphatic heterocycles. The first-order valence-electron chi connectivity index (χ1n) is 5.36. The minimum absolute atomic E-state index is 0.411. The third-order valence-corrected chi connectivity index (χ3v) is 3.14. The van der Waals surface area contributed by atoms with E-state index in [1.807, 2.05) is 38.1 Å². The van der Waals surface area contributed by atoms with Crippen LogP contribution in [0.1, 0.15) is 11.4 Å². The molecular weight excluding hydrogens is 234 g/mol. The van der Waals surface area contributed by atoms with Gasteiger partial charge in [0.05, 0.1) is 16.9 Å². The van der Waals surface area contributed by atoms with E-state index in [9.17, 15) is 0 Å². The number of aryl methyl sites for hydroxylation is 2. The lowest BCUT2D eigenvalue weighted by molar-refractivity contribution is 1.10. The number of aromatic nitrogens is 3. The third kappa shape index (κ3) is 1.54. The number of nitrogens with zero attached hydrogens (tertiary/aromatic N) is 3. The normalized spacial score (nSPS) is 11.2. The molecule has 0 unspecified atom stereocenters. The van der Waals surface area contributed by atoms with Crippen molar-refractivity contribution in [2.24, 2.45) is 0 Å². The number of halogens is 1. The molecule has 0 N–H and O–H groups in total. The number of benzene rings is 1. The number of rotatable bonds is 0. The molecule has 0 aliphatic carbocycles. The fourth-order valence-corrected chi connectivity index (χ4v) is 2.09. The van der Waals surface area contributed by atoms with Crippen molar-refractivity contribution in [3.63, 3.8) is 0 Å². The van der Waals surface area contributed by atoms with E-state index >= 15 is 0 Å². The van der Waals surface area contributed by atoms with Crippen molar-refractivity contribution in [3.8, 4) is 0 Å². The van der Waals surface area contributed by atoms with Crippen LogP contribution in [0, 0.1) is 13.8 Å². The molecule has 84 valence electrons. The van der Waals surface area contributed by atoms with E-state index in [2.05, 4.69) is 15.0 Å². The Balaban J connectivity index is 2.60. The maximum absolute atomic E-state index is 6.15. The molecule has 2 heterocycles. The lowest BCUT2D eigenvalue weighted by atomic mass is 10.2. The second kappa shape index (κ2) is 3.64. The number of para-hydroxylation sites is 1. The maximum atomic E-state index is 6.15. The Morgan fingerprint density at radius 1 is 0.882 bits per heavy atom. The van der Waals surface area contributed by atoms with Gasteiger partial charge in [-0.1, -0.05) is 29.8 Å². The highest BCUT2D eigenvalue weighted by molar-refractivity contribution is 6.34. The number of hydrogen-bond donors (Lipinski definition) is 0. The van der Waals surface area contributed by atoms with Crippen LogP contribution in [0.2, 0.25) is 5.15 Å². The summed E-state index contributed by atoms with van der Waals surface area (Å²) in [5.74, 6) is 0. The van der Waals surface area contributed by atoms with Gasteiger partial charge in [-0.3, -0.25) is 0 Å². The van der Waals surface area contributed by atoms with Crippen LogP contribution in [0.5, 0.6) is 0 Å². The molecule has 0 aliphatic rings. The summed E-state index contributed by atoms with van der Waals surface area (Å²) in [4.78, 5) is 13.4. The molecule has 3 rings (SSSR count). The van der Waals surface area contributed by atoms with Crippen LogP contribution >= 0.6 is 11.6 Å². The quantitative estimate of drug-likeness (QED) is 0.448. The molecule has 0 spiro atoms. The maximum Gasteiger partial charge on any atom is 0.157 e.